The molecule has 14 heavy (non-hydrogen) atoms. The Morgan fingerprint density at radius 1 is 1.29 bits per heavy atom. The maximum atomic E-state index is 9.10. The van der Waals surface area contributed by atoms with Gasteiger partial charge in [0.2, 0.25) is 0 Å². The van der Waals surface area contributed by atoms with Crippen LogP contribution in [0.15, 0.2) is 30.3 Å². The zero-order valence-corrected chi connectivity index (χ0v) is 8.74. The minimum Gasteiger partial charge on any atom is -0.396 e. The third kappa shape index (κ3) is 3.90. The van der Waals surface area contributed by atoms with Gasteiger partial charge in [-0.1, -0.05) is 30.3 Å². The second-order valence-corrected chi connectivity index (χ2v) is 3.63. The summed E-state index contributed by atoms with van der Waals surface area (Å²) >= 11 is 0. The van der Waals surface area contributed by atoms with Crippen LogP contribution in [0.1, 0.15) is 12.0 Å². The fourth-order valence-corrected chi connectivity index (χ4v) is 1.56. The molecular formula is C12H19NO. The summed E-state index contributed by atoms with van der Waals surface area (Å²) in [5.41, 5.74) is 1.35. The molecule has 1 atom stereocenters. The molecule has 1 aromatic carbocycles. The van der Waals surface area contributed by atoms with E-state index >= 15 is 0 Å². The Kier molecular flexibility index (Phi) is 5.27. The lowest BCUT2D eigenvalue weighted by Gasteiger charge is -2.12. The van der Waals surface area contributed by atoms with Crippen molar-refractivity contribution in [2.45, 2.75) is 12.8 Å². The zero-order valence-electron chi connectivity index (χ0n) is 8.74. The van der Waals surface area contributed by atoms with Crippen molar-refractivity contribution in [1.82, 2.24) is 5.32 Å². The van der Waals surface area contributed by atoms with E-state index in [9.17, 15) is 0 Å². The largest absolute Gasteiger partial charge is 0.396 e. The Morgan fingerprint density at radius 3 is 2.57 bits per heavy atom. The average molecular weight is 193 g/mol. The molecular weight excluding hydrogens is 174 g/mol. The van der Waals surface area contributed by atoms with Gasteiger partial charge in [0, 0.05) is 6.61 Å². The van der Waals surface area contributed by atoms with Crippen molar-refractivity contribution in [2.24, 2.45) is 5.92 Å². The van der Waals surface area contributed by atoms with Gasteiger partial charge in [0.1, 0.15) is 0 Å². The van der Waals surface area contributed by atoms with Crippen molar-refractivity contribution < 1.29 is 5.11 Å². The van der Waals surface area contributed by atoms with E-state index in [1.165, 1.54) is 5.56 Å². The van der Waals surface area contributed by atoms with E-state index in [1.807, 2.05) is 13.1 Å². The van der Waals surface area contributed by atoms with E-state index in [4.69, 9.17) is 5.11 Å². The van der Waals surface area contributed by atoms with Gasteiger partial charge < -0.3 is 10.4 Å². The molecule has 78 valence electrons. The lowest BCUT2D eigenvalue weighted by atomic mass is 10.0. The third-order valence-corrected chi connectivity index (χ3v) is 2.44. The molecule has 2 N–H and O–H groups in total. The normalized spacial score (nSPS) is 12.7. The SMILES string of the molecule is CNCC(CO)CCc1ccccc1. The van der Waals surface area contributed by atoms with Gasteiger partial charge in [0.15, 0.2) is 0 Å². The first-order chi connectivity index (χ1) is 6.86. The molecule has 0 heterocycles. The number of benzene rings is 1. The molecule has 0 aromatic heterocycles. The maximum absolute atomic E-state index is 9.10. The summed E-state index contributed by atoms with van der Waals surface area (Å²) in [7, 11) is 1.92. The van der Waals surface area contributed by atoms with Crippen molar-refractivity contribution in [2.75, 3.05) is 20.2 Å². The Balaban J connectivity index is 2.32. The lowest BCUT2D eigenvalue weighted by molar-refractivity contribution is 0.217. The monoisotopic (exact) mass is 193 g/mol. The van der Waals surface area contributed by atoms with Gasteiger partial charge in [-0.25, -0.2) is 0 Å². The smallest absolute Gasteiger partial charge is 0.0471 e. The van der Waals surface area contributed by atoms with Gasteiger partial charge in [0.25, 0.3) is 0 Å². The van der Waals surface area contributed by atoms with E-state index < -0.39 is 0 Å². The van der Waals surface area contributed by atoms with Crippen molar-refractivity contribution in [3.63, 3.8) is 0 Å². The first kappa shape index (κ1) is 11.2. The second-order valence-electron chi connectivity index (χ2n) is 3.63. The summed E-state index contributed by atoms with van der Waals surface area (Å²) in [6.45, 7) is 1.16. The lowest BCUT2D eigenvalue weighted by Crippen LogP contribution is -2.22. The molecule has 0 bridgehead atoms. The molecule has 0 radical (unpaired) electrons. The van der Waals surface area contributed by atoms with Gasteiger partial charge in [-0.3, -0.25) is 0 Å². The Morgan fingerprint density at radius 2 is 2.00 bits per heavy atom. The van der Waals surface area contributed by atoms with Crippen LogP contribution in [0.2, 0.25) is 0 Å². The van der Waals surface area contributed by atoms with E-state index in [-0.39, 0.29) is 6.61 Å². The molecule has 0 spiro atoms. The van der Waals surface area contributed by atoms with Crippen molar-refractivity contribution >= 4 is 0 Å². The Hall–Kier alpha value is -0.860. The molecule has 0 aliphatic carbocycles. The van der Waals surface area contributed by atoms with E-state index in [0.717, 1.165) is 19.4 Å². The number of aryl methyl sites for hydroxylation is 1. The Bertz CT molecular complexity index is 235. The van der Waals surface area contributed by atoms with E-state index in [2.05, 4.69) is 29.6 Å². The molecule has 0 fully saturated rings. The molecule has 0 aliphatic heterocycles. The summed E-state index contributed by atoms with van der Waals surface area (Å²) in [6, 6.07) is 10.4. The van der Waals surface area contributed by atoms with Gasteiger partial charge in [-0.05, 0) is 37.9 Å². The highest BCUT2D eigenvalue weighted by molar-refractivity contribution is 5.14. The maximum Gasteiger partial charge on any atom is 0.0471 e. The fraction of sp³-hybridized carbons (Fsp3) is 0.500. The Labute approximate surface area is 86.0 Å². The number of hydrogen-bond acceptors (Lipinski definition) is 2. The highest BCUT2D eigenvalue weighted by Gasteiger charge is 2.05. The average Bonchev–Trinajstić information content (AvgIpc) is 2.25. The summed E-state index contributed by atoms with van der Waals surface area (Å²) in [4.78, 5) is 0. The summed E-state index contributed by atoms with van der Waals surface area (Å²) in [5.74, 6) is 0.375. The first-order valence-corrected chi connectivity index (χ1v) is 5.16. The third-order valence-electron chi connectivity index (χ3n) is 2.44. The van der Waals surface area contributed by atoms with Gasteiger partial charge in [0.05, 0.1) is 0 Å². The van der Waals surface area contributed by atoms with Crippen LogP contribution in [0.25, 0.3) is 0 Å². The van der Waals surface area contributed by atoms with Crippen LogP contribution in [-0.2, 0) is 6.42 Å². The summed E-state index contributed by atoms with van der Waals surface area (Å²) < 4.78 is 0. The van der Waals surface area contributed by atoms with Crippen molar-refractivity contribution in [1.29, 1.82) is 0 Å². The van der Waals surface area contributed by atoms with Crippen LogP contribution < -0.4 is 5.32 Å². The number of rotatable bonds is 6. The number of nitrogens with one attached hydrogen (secondary N) is 1. The van der Waals surface area contributed by atoms with Gasteiger partial charge in [-0.2, -0.15) is 0 Å². The summed E-state index contributed by atoms with van der Waals surface area (Å²) in [5, 5.41) is 12.2. The van der Waals surface area contributed by atoms with Crippen molar-refractivity contribution in [3.8, 4) is 0 Å². The first-order valence-electron chi connectivity index (χ1n) is 5.16. The molecule has 2 heteroatoms. The minimum absolute atomic E-state index is 0.272. The molecule has 1 aromatic rings. The number of aliphatic hydroxyl groups is 1. The van der Waals surface area contributed by atoms with E-state index in [1.54, 1.807) is 0 Å². The number of hydrogen-bond donors (Lipinski definition) is 2. The van der Waals surface area contributed by atoms with E-state index in [0.29, 0.717) is 5.92 Å². The standard InChI is InChI=1S/C12H19NO/c1-13-9-12(10-14)8-7-11-5-3-2-4-6-11/h2-6,12-14H,7-10H2,1H3. The highest BCUT2D eigenvalue weighted by Crippen LogP contribution is 2.08. The zero-order chi connectivity index (χ0) is 10.2. The number of aliphatic hydroxyl groups excluding tert-OH is 1. The molecule has 2 nitrogen and oxygen atoms in total. The van der Waals surface area contributed by atoms with Crippen LogP contribution in [-0.4, -0.2) is 25.3 Å². The molecule has 1 unspecified atom stereocenters. The highest BCUT2D eigenvalue weighted by atomic mass is 16.3. The molecule has 1 rings (SSSR count). The van der Waals surface area contributed by atoms with Crippen LogP contribution in [0.5, 0.6) is 0 Å². The van der Waals surface area contributed by atoms with Crippen molar-refractivity contribution in [3.05, 3.63) is 35.9 Å². The van der Waals surface area contributed by atoms with Crippen LogP contribution >= 0.6 is 0 Å². The summed E-state index contributed by atoms with van der Waals surface area (Å²) in [6.07, 6.45) is 2.09. The van der Waals surface area contributed by atoms with Crippen LogP contribution in [0.4, 0.5) is 0 Å². The molecule has 0 aliphatic rings. The molecule has 0 saturated carbocycles. The quantitative estimate of drug-likeness (QED) is 0.716. The van der Waals surface area contributed by atoms with Crippen LogP contribution in [0, 0.1) is 5.92 Å². The topological polar surface area (TPSA) is 32.3 Å². The molecule has 0 amide bonds. The van der Waals surface area contributed by atoms with Gasteiger partial charge in [-0.15, -0.1) is 0 Å². The predicted molar refractivity (Wildman–Crippen MR) is 59.3 cm³/mol. The fourth-order valence-electron chi connectivity index (χ4n) is 1.56. The molecule has 0 saturated heterocycles. The van der Waals surface area contributed by atoms with Crippen LogP contribution in [0.3, 0.4) is 0 Å². The second kappa shape index (κ2) is 6.57. The van der Waals surface area contributed by atoms with Gasteiger partial charge >= 0.3 is 0 Å². The predicted octanol–water partition coefficient (Wildman–Crippen LogP) is 1.45. The minimum atomic E-state index is 0.272.